The first kappa shape index (κ1) is 15.8. The minimum absolute atomic E-state index is 0.0416. The van der Waals surface area contributed by atoms with E-state index in [1.165, 1.54) is 13.0 Å². The van der Waals surface area contributed by atoms with Gasteiger partial charge < -0.3 is 14.3 Å². The van der Waals surface area contributed by atoms with E-state index in [1.54, 1.807) is 12.1 Å². The molecule has 0 spiro atoms. The van der Waals surface area contributed by atoms with Crippen molar-refractivity contribution in [2.45, 2.75) is 37.5 Å². The molecule has 0 atom stereocenters. The quantitative estimate of drug-likeness (QED) is 0.754. The topological polar surface area (TPSA) is 69.7 Å². The van der Waals surface area contributed by atoms with Crippen molar-refractivity contribution in [2.24, 2.45) is 0 Å². The van der Waals surface area contributed by atoms with E-state index < -0.39 is 9.84 Å². The van der Waals surface area contributed by atoms with Gasteiger partial charge in [0.15, 0.2) is 21.3 Å². The molecule has 1 aromatic rings. The maximum atomic E-state index is 12.3. The molecule has 0 aromatic heterocycles. The van der Waals surface area contributed by atoms with Crippen molar-refractivity contribution >= 4 is 15.6 Å². The van der Waals surface area contributed by atoms with Crippen molar-refractivity contribution in [3.8, 4) is 11.5 Å². The van der Waals surface area contributed by atoms with Crippen LogP contribution in [0.3, 0.4) is 0 Å². The molecule has 116 valence electrons. The van der Waals surface area contributed by atoms with Gasteiger partial charge in [0, 0.05) is 18.9 Å². The summed E-state index contributed by atoms with van der Waals surface area (Å²) in [5, 5.41) is 0. The summed E-state index contributed by atoms with van der Waals surface area (Å²) in [7, 11) is -3.35. The number of unbranched alkanes of at least 4 members (excludes halogenated alkanes) is 1. The molecule has 0 aliphatic carbocycles. The van der Waals surface area contributed by atoms with Crippen LogP contribution in [-0.2, 0) is 14.6 Å². The largest absolute Gasteiger partial charge is 0.490 e. The van der Waals surface area contributed by atoms with Crippen LogP contribution in [0.25, 0.3) is 0 Å². The summed E-state index contributed by atoms with van der Waals surface area (Å²) in [6.07, 6.45) is 2.29. The fourth-order valence-corrected chi connectivity index (χ4v) is 3.50. The third kappa shape index (κ3) is 4.46. The Balaban J connectivity index is 2.06. The van der Waals surface area contributed by atoms with Crippen LogP contribution in [0.4, 0.5) is 0 Å². The lowest BCUT2D eigenvalue weighted by Crippen LogP contribution is -2.08. The van der Waals surface area contributed by atoms with E-state index in [1.807, 2.05) is 0 Å². The van der Waals surface area contributed by atoms with Crippen molar-refractivity contribution in [1.29, 1.82) is 0 Å². The lowest BCUT2D eigenvalue weighted by atomic mass is 10.2. The molecule has 0 bridgehead atoms. The molecule has 21 heavy (non-hydrogen) atoms. The zero-order chi connectivity index (χ0) is 15.3. The number of carbonyl (C=O) groups is 1. The zero-order valence-electron chi connectivity index (χ0n) is 12.1. The molecular formula is C15H20O5S. The summed E-state index contributed by atoms with van der Waals surface area (Å²) in [6, 6.07) is 4.72. The predicted octanol–water partition coefficient (Wildman–Crippen LogP) is 2.38. The average molecular weight is 312 g/mol. The van der Waals surface area contributed by atoms with E-state index in [4.69, 9.17) is 9.47 Å². The van der Waals surface area contributed by atoms with Crippen LogP contribution in [-0.4, -0.2) is 33.2 Å². The highest BCUT2D eigenvalue weighted by atomic mass is 32.2. The molecule has 1 heterocycles. The number of hydrogen-bond acceptors (Lipinski definition) is 5. The molecule has 0 saturated heterocycles. The van der Waals surface area contributed by atoms with E-state index in [2.05, 4.69) is 0 Å². The molecule has 2 rings (SSSR count). The Hall–Kier alpha value is -1.56. The van der Waals surface area contributed by atoms with Crippen LogP contribution < -0.4 is 9.47 Å². The number of ketones is 1. The molecule has 1 aromatic carbocycles. The van der Waals surface area contributed by atoms with Gasteiger partial charge in [-0.15, -0.1) is 0 Å². The van der Waals surface area contributed by atoms with Gasteiger partial charge in [-0.2, -0.15) is 0 Å². The van der Waals surface area contributed by atoms with Crippen LogP contribution in [0.1, 0.15) is 32.6 Å². The van der Waals surface area contributed by atoms with Gasteiger partial charge in [-0.1, -0.05) is 0 Å². The Morgan fingerprint density at radius 1 is 1.14 bits per heavy atom. The summed E-state index contributed by atoms with van der Waals surface area (Å²) in [4.78, 5) is 11.1. The molecule has 0 amide bonds. The van der Waals surface area contributed by atoms with Gasteiger partial charge >= 0.3 is 0 Å². The maximum Gasteiger partial charge on any atom is 0.178 e. The number of benzene rings is 1. The second-order valence-electron chi connectivity index (χ2n) is 5.14. The van der Waals surface area contributed by atoms with Gasteiger partial charge in [0.2, 0.25) is 0 Å². The smallest absolute Gasteiger partial charge is 0.178 e. The number of fused-ring (bicyclic) bond motifs is 1. The first-order valence-corrected chi connectivity index (χ1v) is 8.76. The standard InChI is InChI=1S/C15H20O5S/c1-12(16)5-2-3-10-21(17,18)13-6-7-14-15(11-13)20-9-4-8-19-14/h6-7,11H,2-5,8-10H2,1H3. The molecule has 6 heteroatoms. The fourth-order valence-electron chi connectivity index (χ4n) is 2.12. The van der Waals surface area contributed by atoms with E-state index in [9.17, 15) is 13.2 Å². The van der Waals surface area contributed by atoms with E-state index in [0.29, 0.717) is 44.0 Å². The van der Waals surface area contributed by atoms with Gasteiger partial charge in [-0.3, -0.25) is 0 Å². The van der Waals surface area contributed by atoms with Gasteiger partial charge in [0.1, 0.15) is 5.78 Å². The molecule has 0 fully saturated rings. The van der Waals surface area contributed by atoms with Crippen LogP contribution in [0, 0.1) is 0 Å². The summed E-state index contributed by atoms with van der Waals surface area (Å²) in [6.45, 7) is 2.61. The van der Waals surface area contributed by atoms with E-state index in [0.717, 1.165) is 6.42 Å². The Bertz CT molecular complexity index is 606. The number of hydrogen-bond donors (Lipinski definition) is 0. The predicted molar refractivity (Wildman–Crippen MR) is 78.6 cm³/mol. The highest BCUT2D eigenvalue weighted by molar-refractivity contribution is 7.91. The molecule has 0 saturated carbocycles. The fraction of sp³-hybridized carbons (Fsp3) is 0.533. The van der Waals surface area contributed by atoms with Gasteiger partial charge in [0.25, 0.3) is 0 Å². The third-order valence-corrected chi connectivity index (χ3v) is 5.07. The molecule has 0 N–H and O–H groups in total. The minimum Gasteiger partial charge on any atom is -0.490 e. The third-order valence-electron chi connectivity index (χ3n) is 3.27. The van der Waals surface area contributed by atoms with Crippen LogP contribution >= 0.6 is 0 Å². The van der Waals surface area contributed by atoms with Crippen LogP contribution in [0.2, 0.25) is 0 Å². The molecule has 0 unspecified atom stereocenters. The SMILES string of the molecule is CC(=O)CCCCS(=O)(=O)c1ccc2c(c1)OCCCO2. The molecule has 1 aliphatic rings. The van der Waals surface area contributed by atoms with E-state index >= 15 is 0 Å². The highest BCUT2D eigenvalue weighted by Gasteiger charge is 2.18. The first-order valence-electron chi connectivity index (χ1n) is 7.11. The highest BCUT2D eigenvalue weighted by Crippen LogP contribution is 2.32. The summed E-state index contributed by atoms with van der Waals surface area (Å²) in [5.41, 5.74) is 0. The second-order valence-corrected chi connectivity index (χ2v) is 7.25. The monoisotopic (exact) mass is 312 g/mol. The second kappa shape index (κ2) is 6.93. The van der Waals surface area contributed by atoms with E-state index in [-0.39, 0.29) is 16.4 Å². The van der Waals surface area contributed by atoms with Crippen molar-refractivity contribution in [2.75, 3.05) is 19.0 Å². The normalized spacial score (nSPS) is 14.5. The maximum absolute atomic E-state index is 12.3. The van der Waals surface area contributed by atoms with Crippen molar-refractivity contribution in [1.82, 2.24) is 0 Å². The molecular weight excluding hydrogens is 292 g/mol. The Morgan fingerprint density at radius 3 is 2.57 bits per heavy atom. The van der Waals surface area contributed by atoms with Crippen LogP contribution in [0.5, 0.6) is 11.5 Å². The number of sulfone groups is 1. The minimum atomic E-state index is -3.35. The first-order chi connectivity index (χ1) is 9.99. The summed E-state index contributed by atoms with van der Waals surface area (Å²) < 4.78 is 35.5. The number of Topliss-reactive ketones (excluding diaryl/α,β-unsaturated/α-hetero) is 1. The zero-order valence-corrected chi connectivity index (χ0v) is 12.9. The van der Waals surface area contributed by atoms with Crippen molar-refractivity contribution in [3.05, 3.63) is 18.2 Å². The van der Waals surface area contributed by atoms with Gasteiger partial charge in [-0.25, -0.2) is 8.42 Å². The Kier molecular flexibility index (Phi) is 5.22. The van der Waals surface area contributed by atoms with Crippen molar-refractivity contribution < 1.29 is 22.7 Å². The number of carbonyl (C=O) groups excluding carboxylic acids is 1. The summed E-state index contributed by atoms with van der Waals surface area (Å²) >= 11 is 0. The lowest BCUT2D eigenvalue weighted by molar-refractivity contribution is -0.117. The van der Waals surface area contributed by atoms with Gasteiger partial charge in [0.05, 0.1) is 23.9 Å². The van der Waals surface area contributed by atoms with Gasteiger partial charge in [-0.05, 0) is 31.9 Å². The lowest BCUT2D eigenvalue weighted by Gasteiger charge is -2.10. The Morgan fingerprint density at radius 2 is 1.86 bits per heavy atom. The molecule has 1 aliphatic heterocycles. The average Bonchev–Trinajstić information content (AvgIpc) is 2.67. The Labute approximate surface area is 125 Å². The summed E-state index contributed by atoms with van der Waals surface area (Å²) in [5.74, 6) is 1.20. The number of ether oxygens (including phenoxy) is 2. The molecule has 5 nitrogen and oxygen atoms in total. The molecule has 0 radical (unpaired) electrons. The van der Waals surface area contributed by atoms with Crippen LogP contribution in [0.15, 0.2) is 23.1 Å². The van der Waals surface area contributed by atoms with Crippen molar-refractivity contribution in [3.63, 3.8) is 0 Å². The number of rotatable bonds is 6.